The lowest BCUT2D eigenvalue weighted by atomic mass is 9.85. The average Bonchev–Trinajstić information content (AvgIpc) is 4.19. The molecule has 19 heteroatoms. The molecular weight excluding hydrogens is 982 g/mol. The van der Waals surface area contributed by atoms with E-state index in [1.165, 1.54) is 9.78 Å². The Morgan fingerprint density at radius 3 is 2.38 bits per heavy atom. The number of nitrogens with one attached hydrogen (secondary N) is 2. The number of aliphatic hydroxyl groups excluding tert-OH is 1. The molecule has 0 spiro atoms. The van der Waals surface area contributed by atoms with Crippen molar-refractivity contribution >= 4 is 57.7 Å². The summed E-state index contributed by atoms with van der Waals surface area (Å²) in [6.07, 6.45) is 5.61. The van der Waals surface area contributed by atoms with E-state index in [1.54, 1.807) is 39.7 Å². The number of amides is 3. The van der Waals surface area contributed by atoms with Gasteiger partial charge >= 0.3 is 0 Å². The molecule has 378 valence electrons. The molecule has 10 rings (SSSR count). The number of rotatable bonds is 13. The van der Waals surface area contributed by atoms with E-state index in [9.17, 15) is 19.5 Å². The molecule has 7 aromatic rings. The van der Waals surface area contributed by atoms with Gasteiger partial charge < -0.3 is 25.4 Å². The predicted octanol–water partition coefficient (Wildman–Crippen LogP) is 9.03. The highest BCUT2D eigenvalue weighted by molar-refractivity contribution is 7.15. The molecule has 1 aliphatic carbocycles. The predicted molar refractivity (Wildman–Crippen MR) is 282 cm³/mol. The quantitative estimate of drug-likeness (QED) is 0.100. The summed E-state index contributed by atoms with van der Waals surface area (Å²) in [5.74, 6) is 1.02. The van der Waals surface area contributed by atoms with Gasteiger partial charge in [-0.05, 0) is 80.5 Å². The van der Waals surface area contributed by atoms with Gasteiger partial charge in [-0.15, -0.1) is 32.9 Å². The third-order valence-electron chi connectivity index (χ3n) is 14.1. The minimum absolute atomic E-state index is 0.0341. The van der Waals surface area contributed by atoms with Gasteiger partial charge in [-0.3, -0.25) is 28.6 Å². The number of β-amino-alcohol motifs (C(OH)–C–C–N with tert-alkyl or cyclic N) is 1. The summed E-state index contributed by atoms with van der Waals surface area (Å²) < 4.78 is 10.0. The number of nitrogens with zero attached hydrogens (tertiary/aromatic N) is 9. The van der Waals surface area contributed by atoms with Gasteiger partial charge in [0.05, 0.1) is 46.6 Å². The molecule has 2 aliphatic heterocycles. The third-order valence-corrected chi connectivity index (χ3v) is 16.5. The molecule has 2 aromatic carbocycles. The molecular formula is C54H58ClN11O5S2. The number of carbonyl (C=O) groups is 3. The number of carbonyl (C=O) groups excluding carboxylic acids is 3. The van der Waals surface area contributed by atoms with E-state index in [1.807, 2.05) is 118 Å². The average molecular weight is 1040 g/mol. The number of aliphatic imine (C=N–C) groups is 1. The zero-order valence-electron chi connectivity index (χ0n) is 42.0. The van der Waals surface area contributed by atoms with Crippen LogP contribution in [0.4, 0.5) is 0 Å². The summed E-state index contributed by atoms with van der Waals surface area (Å²) in [6, 6.07) is 16.7. The largest absolute Gasteiger partial charge is 0.474 e. The van der Waals surface area contributed by atoms with Crippen LogP contribution in [0.1, 0.15) is 116 Å². The molecule has 0 bridgehead atoms. The lowest BCUT2D eigenvalue weighted by molar-refractivity contribution is -0.144. The number of hydrogen-bond donors (Lipinski definition) is 3. The Morgan fingerprint density at radius 1 is 0.932 bits per heavy atom. The summed E-state index contributed by atoms with van der Waals surface area (Å²) in [5.41, 5.74) is 9.55. The Balaban J connectivity index is 0.772. The second kappa shape index (κ2) is 20.0. The fourth-order valence-electron chi connectivity index (χ4n) is 10.1. The minimum Gasteiger partial charge on any atom is -0.474 e. The highest BCUT2D eigenvalue weighted by Gasteiger charge is 2.45. The zero-order valence-corrected chi connectivity index (χ0v) is 44.3. The Morgan fingerprint density at radius 2 is 1.67 bits per heavy atom. The van der Waals surface area contributed by atoms with Crippen LogP contribution in [0.25, 0.3) is 26.6 Å². The second-order valence-corrected chi connectivity index (χ2v) is 23.0. The molecule has 16 nitrogen and oxygen atoms in total. The standard InChI is InChI=1S/C54H58ClN11O5S2/c1-28-31(4)73-53-46(28)47(34-13-15-38(55)16-14-34)61-42(50-63-62-32(5)66(50)53)23-44(68)60-39-20-41(21-39)71-45-19-36(17-18-56-45)37-24-58-65(25-37)49(54(6,7)8)52(70)64-26-40(67)22-43(64)51(69)59-29(2)33-9-11-35(12-10-33)48-30(3)57-27-72-48/h9-19,24-25,27,29,39-43,49,67H,20-23,26H2,1-8H3,(H,59,69)(H,60,68)/t29-,39-,40+,41+,42-,43-,49+/m0/s1. The first kappa shape index (κ1) is 50.0. The normalized spacial score (nSPS) is 20.3. The van der Waals surface area contributed by atoms with Crippen LogP contribution in [0, 0.1) is 33.1 Å². The van der Waals surface area contributed by atoms with E-state index in [2.05, 4.69) is 44.6 Å². The van der Waals surface area contributed by atoms with Gasteiger partial charge in [0.25, 0.3) is 0 Å². The van der Waals surface area contributed by atoms with Crippen molar-refractivity contribution in [3.8, 4) is 32.4 Å². The molecule has 3 aliphatic rings. The summed E-state index contributed by atoms with van der Waals surface area (Å²) in [5, 5.41) is 32.4. The Hall–Kier alpha value is -6.60. The van der Waals surface area contributed by atoms with Crippen molar-refractivity contribution < 1.29 is 24.2 Å². The first-order valence-corrected chi connectivity index (χ1v) is 26.6. The summed E-state index contributed by atoms with van der Waals surface area (Å²) in [6.45, 7) is 15.9. The van der Waals surface area contributed by atoms with Crippen molar-refractivity contribution in [2.45, 2.75) is 123 Å². The highest BCUT2D eigenvalue weighted by Crippen LogP contribution is 2.41. The third kappa shape index (κ3) is 10.1. The molecule has 0 radical (unpaired) electrons. The van der Waals surface area contributed by atoms with Crippen LogP contribution in [0.2, 0.25) is 5.02 Å². The van der Waals surface area contributed by atoms with E-state index < -0.39 is 29.6 Å². The van der Waals surface area contributed by atoms with Crippen molar-refractivity contribution in [1.82, 2.24) is 50.0 Å². The SMILES string of the molecule is Cc1ncsc1-c1ccc([C@H](C)NC(=O)[C@@H]2C[C@@H](O)CN2C(=O)[C@@H](n2cc(-c3ccnc(O[C@H]4C[C@@H](NC(=O)C[C@@H]5N=C(c6ccc(Cl)cc6)c6c(sc(C)c6C)-n6c(C)nnc65)C4)c3)cn2)C(C)(C)C)cc1. The lowest BCUT2D eigenvalue weighted by Crippen LogP contribution is -2.50. The van der Waals surface area contributed by atoms with Gasteiger partial charge in [-0.25, -0.2) is 9.97 Å². The number of aromatic nitrogens is 7. The van der Waals surface area contributed by atoms with Gasteiger partial charge in [-0.2, -0.15) is 5.10 Å². The number of aryl methyl sites for hydroxylation is 3. The van der Waals surface area contributed by atoms with Crippen LogP contribution in [0.5, 0.6) is 5.88 Å². The molecule has 5 atom stereocenters. The fourth-order valence-corrected chi connectivity index (χ4v) is 12.2. The number of ether oxygens (including phenoxy) is 1. The van der Waals surface area contributed by atoms with Crippen molar-refractivity contribution in [3.05, 3.63) is 134 Å². The number of pyridine rings is 1. The molecule has 1 saturated heterocycles. The minimum atomic E-state index is -0.857. The maximum Gasteiger partial charge on any atom is 0.248 e. The van der Waals surface area contributed by atoms with Crippen molar-refractivity contribution in [2.24, 2.45) is 10.4 Å². The van der Waals surface area contributed by atoms with Gasteiger partial charge in [0.15, 0.2) is 5.82 Å². The molecule has 3 N–H and O–H groups in total. The van der Waals surface area contributed by atoms with Gasteiger partial charge in [0.1, 0.15) is 35.1 Å². The number of halogens is 1. The summed E-state index contributed by atoms with van der Waals surface area (Å²) >= 11 is 9.54. The van der Waals surface area contributed by atoms with Gasteiger partial charge in [-0.1, -0.05) is 68.8 Å². The van der Waals surface area contributed by atoms with E-state index in [0.29, 0.717) is 29.6 Å². The number of benzene rings is 2. The van der Waals surface area contributed by atoms with Crippen molar-refractivity contribution in [3.63, 3.8) is 0 Å². The van der Waals surface area contributed by atoms with Crippen molar-refractivity contribution in [2.75, 3.05) is 6.54 Å². The maximum absolute atomic E-state index is 14.6. The molecule has 73 heavy (non-hydrogen) atoms. The van der Waals surface area contributed by atoms with Crippen LogP contribution >= 0.6 is 34.3 Å². The summed E-state index contributed by atoms with van der Waals surface area (Å²) in [7, 11) is 0. The van der Waals surface area contributed by atoms with Crippen molar-refractivity contribution in [1.29, 1.82) is 0 Å². The Kier molecular flexibility index (Phi) is 13.7. The summed E-state index contributed by atoms with van der Waals surface area (Å²) in [4.78, 5) is 60.2. The molecule has 0 unspecified atom stereocenters. The number of thiazole rings is 1. The second-order valence-electron chi connectivity index (χ2n) is 20.5. The zero-order chi connectivity index (χ0) is 51.5. The van der Waals surface area contributed by atoms with Gasteiger partial charge in [0.2, 0.25) is 23.6 Å². The lowest BCUT2D eigenvalue weighted by Gasteiger charge is -2.35. The number of likely N-dealkylation sites (tertiary alicyclic amines) is 1. The number of thiophene rings is 1. The maximum atomic E-state index is 14.6. The highest BCUT2D eigenvalue weighted by atomic mass is 35.5. The molecule has 1 saturated carbocycles. The molecule has 3 amide bonds. The van der Waals surface area contributed by atoms with Gasteiger partial charge in [0, 0.05) is 76.9 Å². The van der Waals surface area contributed by atoms with Crippen LogP contribution in [-0.4, -0.2) is 98.8 Å². The smallest absolute Gasteiger partial charge is 0.248 e. The monoisotopic (exact) mass is 1040 g/mol. The number of aliphatic hydroxyl groups is 1. The van der Waals surface area contributed by atoms with Crippen LogP contribution in [0.3, 0.4) is 0 Å². The van der Waals surface area contributed by atoms with Crippen LogP contribution in [-0.2, 0) is 14.4 Å². The first-order chi connectivity index (χ1) is 34.9. The number of hydrogen-bond acceptors (Lipinski definition) is 13. The Labute approximate surface area is 436 Å². The fraction of sp³-hybridized carbons (Fsp3) is 0.389. The number of fused-ring (bicyclic) bond motifs is 3. The van der Waals surface area contributed by atoms with E-state index >= 15 is 0 Å². The van der Waals surface area contributed by atoms with E-state index in [4.69, 9.17) is 26.4 Å². The van der Waals surface area contributed by atoms with E-state index in [-0.39, 0.29) is 55.3 Å². The molecule has 5 aromatic heterocycles. The van der Waals surface area contributed by atoms with Crippen LogP contribution < -0.4 is 15.4 Å². The Bertz CT molecular complexity index is 3240. The first-order valence-electron chi connectivity index (χ1n) is 24.5. The molecule has 7 heterocycles. The van der Waals surface area contributed by atoms with E-state index in [0.717, 1.165) is 66.1 Å². The van der Waals surface area contributed by atoms with Crippen LogP contribution in [0.15, 0.2) is 89.8 Å². The topological polar surface area (TPSA) is 195 Å². The molecule has 2 fully saturated rings.